The molecule has 8 heteroatoms. The lowest BCUT2D eigenvalue weighted by atomic mass is 10.2. The maximum atomic E-state index is 12.2. The highest BCUT2D eigenvalue weighted by Crippen LogP contribution is 2.12. The maximum Gasteiger partial charge on any atom is 0.324 e. The van der Waals surface area contributed by atoms with Gasteiger partial charge in [0.05, 0.1) is 20.2 Å². The molecule has 0 radical (unpaired) electrons. The smallest absolute Gasteiger partial charge is 0.324 e. The van der Waals surface area contributed by atoms with Crippen molar-refractivity contribution in [1.29, 1.82) is 0 Å². The number of ether oxygens (including phenoxy) is 1. The van der Waals surface area contributed by atoms with E-state index >= 15 is 0 Å². The SMILES string of the molecule is COC(=O)CN(CC(=O)N1CCNC1=O)Cc1ccc(Cl)cc1. The molecule has 124 valence electrons. The third-order valence-electron chi connectivity index (χ3n) is 3.42. The van der Waals surface area contributed by atoms with Crippen LogP contribution in [0.1, 0.15) is 5.56 Å². The molecule has 1 N–H and O–H groups in total. The van der Waals surface area contributed by atoms with Crippen molar-refractivity contribution in [2.24, 2.45) is 0 Å². The number of halogens is 1. The fourth-order valence-electron chi connectivity index (χ4n) is 2.25. The monoisotopic (exact) mass is 339 g/mol. The van der Waals surface area contributed by atoms with Crippen LogP contribution >= 0.6 is 11.6 Å². The number of methoxy groups -OCH3 is 1. The first-order valence-electron chi connectivity index (χ1n) is 7.11. The number of urea groups is 1. The zero-order chi connectivity index (χ0) is 16.8. The number of carbonyl (C=O) groups excluding carboxylic acids is 3. The Morgan fingerprint density at radius 3 is 2.57 bits per heavy atom. The van der Waals surface area contributed by atoms with E-state index in [-0.39, 0.29) is 19.0 Å². The van der Waals surface area contributed by atoms with Crippen molar-refractivity contribution < 1.29 is 19.1 Å². The molecule has 1 aliphatic heterocycles. The van der Waals surface area contributed by atoms with Crippen molar-refractivity contribution in [2.75, 3.05) is 33.3 Å². The van der Waals surface area contributed by atoms with E-state index in [4.69, 9.17) is 11.6 Å². The first-order valence-corrected chi connectivity index (χ1v) is 7.49. The summed E-state index contributed by atoms with van der Waals surface area (Å²) in [5.41, 5.74) is 0.900. The summed E-state index contributed by atoms with van der Waals surface area (Å²) >= 11 is 5.85. The summed E-state index contributed by atoms with van der Waals surface area (Å²) in [7, 11) is 1.29. The third kappa shape index (κ3) is 4.94. The second-order valence-corrected chi connectivity index (χ2v) is 5.56. The highest BCUT2D eigenvalue weighted by Gasteiger charge is 2.28. The lowest BCUT2D eigenvalue weighted by Crippen LogP contribution is -2.43. The Morgan fingerprint density at radius 2 is 2.00 bits per heavy atom. The van der Waals surface area contributed by atoms with E-state index < -0.39 is 12.0 Å². The number of hydrogen-bond donors (Lipinski definition) is 1. The molecule has 1 saturated heterocycles. The van der Waals surface area contributed by atoms with Crippen molar-refractivity contribution in [1.82, 2.24) is 15.1 Å². The van der Waals surface area contributed by atoms with Crippen LogP contribution in [-0.4, -0.2) is 61.0 Å². The molecule has 1 aromatic carbocycles. The van der Waals surface area contributed by atoms with E-state index in [2.05, 4.69) is 10.1 Å². The van der Waals surface area contributed by atoms with E-state index in [1.165, 1.54) is 7.11 Å². The predicted molar refractivity (Wildman–Crippen MR) is 83.9 cm³/mol. The Morgan fingerprint density at radius 1 is 1.30 bits per heavy atom. The molecule has 1 fully saturated rings. The van der Waals surface area contributed by atoms with Gasteiger partial charge < -0.3 is 10.1 Å². The molecule has 23 heavy (non-hydrogen) atoms. The first kappa shape index (κ1) is 17.2. The van der Waals surface area contributed by atoms with Crippen LogP contribution in [0.5, 0.6) is 0 Å². The van der Waals surface area contributed by atoms with Gasteiger partial charge in [0, 0.05) is 24.7 Å². The van der Waals surface area contributed by atoms with Gasteiger partial charge in [-0.05, 0) is 17.7 Å². The van der Waals surface area contributed by atoms with Crippen molar-refractivity contribution in [3.05, 3.63) is 34.9 Å². The number of rotatable bonds is 6. The molecule has 3 amide bonds. The Kier molecular flexibility index (Phi) is 5.95. The fraction of sp³-hybridized carbons (Fsp3) is 0.400. The van der Waals surface area contributed by atoms with Gasteiger partial charge >= 0.3 is 12.0 Å². The number of carbonyl (C=O) groups is 3. The highest BCUT2D eigenvalue weighted by atomic mass is 35.5. The third-order valence-corrected chi connectivity index (χ3v) is 3.67. The molecular formula is C15H18ClN3O4. The Balaban J connectivity index is 2.03. The van der Waals surface area contributed by atoms with Crippen molar-refractivity contribution >= 4 is 29.5 Å². The molecule has 0 spiro atoms. The molecule has 0 unspecified atom stereocenters. The molecule has 0 bridgehead atoms. The number of benzene rings is 1. The summed E-state index contributed by atoms with van der Waals surface area (Å²) in [4.78, 5) is 38.1. The summed E-state index contributed by atoms with van der Waals surface area (Å²) in [6.45, 7) is 1.06. The van der Waals surface area contributed by atoms with Crippen molar-refractivity contribution in [2.45, 2.75) is 6.54 Å². The van der Waals surface area contributed by atoms with Crippen LogP contribution in [0.3, 0.4) is 0 Å². The summed E-state index contributed by atoms with van der Waals surface area (Å²) in [5, 5.41) is 3.18. The lowest BCUT2D eigenvalue weighted by molar-refractivity contribution is -0.142. The second kappa shape index (κ2) is 7.94. The average Bonchev–Trinajstić information content (AvgIpc) is 2.95. The van der Waals surface area contributed by atoms with Gasteiger partial charge in [-0.15, -0.1) is 0 Å². The number of nitrogens with one attached hydrogen (secondary N) is 1. The number of imide groups is 1. The van der Waals surface area contributed by atoms with Gasteiger partial charge in [-0.2, -0.15) is 0 Å². The highest BCUT2D eigenvalue weighted by molar-refractivity contribution is 6.30. The van der Waals surface area contributed by atoms with Gasteiger partial charge in [0.1, 0.15) is 0 Å². The van der Waals surface area contributed by atoms with E-state index in [1.54, 1.807) is 17.0 Å². The van der Waals surface area contributed by atoms with Crippen LogP contribution in [-0.2, 0) is 20.9 Å². The zero-order valence-electron chi connectivity index (χ0n) is 12.8. The van der Waals surface area contributed by atoms with Crippen LogP contribution in [0.25, 0.3) is 0 Å². The number of hydrogen-bond acceptors (Lipinski definition) is 5. The molecule has 1 aliphatic rings. The van der Waals surface area contributed by atoms with E-state index in [9.17, 15) is 14.4 Å². The Hall–Kier alpha value is -2.12. The summed E-state index contributed by atoms with van der Waals surface area (Å²) in [5.74, 6) is -0.796. The quantitative estimate of drug-likeness (QED) is 0.778. The van der Waals surface area contributed by atoms with Crippen LogP contribution in [0, 0.1) is 0 Å². The first-order chi connectivity index (χ1) is 11.0. The zero-order valence-corrected chi connectivity index (χ0v) is 13.5. The Bertz CT molecular complexity index is 591. The maximum absolute atomic E-state index is 12.2. The largest absolute Gasteiger partial charge is 0.468 e. The molecule has 0 atom stereocenters. The van der Waals surface area contributed by atoms with Crippen molar-refractivity contribution in [3.8, 4) is 0 Å². The molecular weight excluding hydrogens is 322 g/mol. The average molecular weight is 340 g/mol. The van der Waals surface area contributed by atoms with Gasteiger partial charge in [0.25, 0.3) is 0 Å². The van der Waals surface area contributed by atoms with E-state index in [0.29, 0.717) is 24.7 Å². The van der Waals surface area contributed by atoms with E-state index in [0.717, 1.165) is 10.5 Å². The predicted octanol–water partition coefficient (Wildman–Crippen LogP) is 0.867. The summed E-state index contributed by atoms with van der Waals surface area (Å²) in [6, 6.07) is 6.71. The van der Waals surface area contributed by atoms with Crippen LogP contribution in [0.2, 0.25) is 5.02 Å². The van der Waals surface area contributed by atoms with Crippen LogP contribution in [0.4, 0.5) is 4.79 Å². The number of esters is 1. The number of amides is 3. The Labute approximate surface area is 139 Å². The second-order valence-electron chi connectivity index (χ2n) is 5.13. The van der Waals surface area contributed by atoms with Gasteiger partial charge in [-0.25, -0.2) is 4.79 Å². The lowest BCUT2D eigenvalue weighted by Gasteiger charge is -2.22. The van der Waals surface area contributed by atoms with Gasteiger partial charge in [0.15, 0.2) is 0 Å². The molecule has 1 aromatic rings. The molecule has 7 nitrogen and oxygen atoms in total. The minimum absolute atomic E-state index is 0.0413. The van der Waals surface area contributed by atoms with Gasteiger partial charge in [-0.1, -0.05) is 23.7 Å². The molecule has 2 rings (SSSR count). The minimum Gasteiger partial charge on any atom is -0.468 e. The van der Waals surface area contributed by atoms with Gasteiger partial charge in [-0.3, -0.25) is 19.4 Å². The minimum atomic E-state index is -0.447. The van der Waals surface area contributed by atoms with Gasteiger partial charge in [0.2, 0.25) is 5.91 Å². The van der Waals surface area contributed by atoms with E-state index in [1.807, 2.05) is 12.1 Å². The standard InChI is InChI=1S/C15H18ClN3O4/c1-23-14(21)10-18(8-11-2-4-12(16)5-3-11)9-13(20)19-7-6-17-15(19)22/h2-5H,6-10H2,1H3,(H,17,22). The fourth-order valence-corrected chi connectivity index (χ4v) is 2.38. The molecule has 1 heterocycles. The molecule has 0 saturated carbocycles. The topological polar surface area (TPSA) is 79.0 Å². The summed E-state index contributed by atoms with van der Waals surface area (Å²) in [6.07, 6.45) is 0. The summed E-state index contributed by atoms with van der Waals surface area (Å²) < 4.78 is 4.66. The molecule has 0 aromatic heterocycles. The van der Waals surface area contributed by atoms with Crippen molar-refractivity contribution in [3.63, 3.8) is 0 Å². The van der Waals surface area contributed by atoms with Crippen LogP contribution in [0.15, 0.2) is 24.3 Å². The normalized spacial score (nSPS) is 14.0. The molecule has 0 aliphatic carbocycles. The number of nitrogens with zero attached hydrogens (tertiary/aromatic N) is 2. The van der Waals surface area contributed by atoms with Crippen LogP contribution < -0.4 is 5.32 Å².